The van der Waals surface area contributed by atoms with Crippen LogP contribution in [0.4, 0.5) is 0 Å². The molecule has 1 saturated heterocycles. The molecule has 28 heavy (non-hydrogen) atoms. The highest BCUT2D eigenvalue weighted by Crippen LogP contribution is 2.44. The third-order valence-electron chi connectivity index (χ3n) is 6.16. The van der Waals surface area contributed by atoms with Gasteiger partial charge in [0.05, 0.1) is 13.7 Å². The van der Waals surface area contributed by atoms with Gasteiger partial charge in [0, 0.05) is 31.1 Å². The lowest BCUT2D eigenvalue weighted by molar-refractivity contribution is 0.109. The molecule has 3 atom stereocenters. The second kappa shape index (κ2) is 8.11. The summed E-state index contributed by atoms with van der Waals surface area (Å²) in [6.45, 7) is 4.42. The van der Waals surface area contributed by atoms with Crippen LogP contribution in [0.25, 0.3) is 0 Å². The molecule has 2 heterocycles. The Kier molecular flexibility index (Phi) is 5.58. The van der Waals surface area contributed by atoms with Gasteiger partial charge in [-0.05, 0) is 48.6 Å². The summed E-state index contributed by atoms with van der Waals surface area (Å²) in [5.41, 5.74) is 11.9. The van der Waals surface area contributed by atoms with Gasteiger partial charge in [0.15, 0.2) is 11.5 Å². The number of benzene rings is 2. The predicted molar refractivity (Wildman–Crippen MR) is 110 cm³/mol. The molecule has 2 aromatic carbocycles. The molecule has 3 unspecified atom stereocenters. The van der Waals surface area contributed by atoms with Crippen molar-refractivity contribution in [3.63, 3.8) is 0 Å². The fraction of sp³-hybridized carbons (Fsp3) is 0.478. The van der Waals surface area contributed by atoms with Crippen molar-refractivity contribution >= 4 is 0 Å². The van der Waals surface area contributed by atoms with E-state index in [-0.39, 0.29) is 19.3 Å². The number of aryl methyl sites for hydroxylation is 1. The number of hydrogen-bond donors (Lipinski definition) is 2. The maximum Gasteiger partial charge on any atom is 0.161 e. The van der Waals surface area contributed by atoms with Crippen molar-refractivity contribution in [1.29, 1.82) is 0 Å². The van der Waals surface area contributed by atoms with E-state index < -0.39 is 0 Å². The Bertz CT molecular complexity index is 839. The third-order valence-corrected chi connectivity index (χ3v) is 6.16. The number of aliphatic hydroxyl groups excluding tert-OH is 1. The number of nitrogens with zero attached hydrogens (tertiary/aromatic N) is 1. The molecule has 0 saturated carbocycles. The van der Waals surface area contributed by atoms with E-state index in [2.05, 4.69) is 48.2 Å². The van der Waals surface area contributed by atoms with Crippen molar-refractivity contribution < 1.29 is 14.6 Å². The second-order valence-corrected chi connectivity index (χ2v) is 7.95. The average Bonchev–Trinajstić information content (AvgIpc) is 2.71. The SMILES string of the molecule is COc1cc2c(cc1OCCO)CCN1CC(c3cccc(C)c3)C(N)CC21. The first-order valence-electron chi connectivity index (χ1n) is 10.1. The molecular weight excluding hydrogens is 352 g/mol. The van der Waals surface area contributed by atoms with E-state index >= 15 is 0 Å². The van der Waals surface area contributed by atoms with Gasteiger partial charge in [-0.2, -0.15) is 0 Å². The van der Waals surface area contributed by atoms with Crippen LogP contribution in [0.5, 0.6) is 11.5 Å². The van der Waals surface area contributed by atoms with Crippen LogP contribution in [0.3, 0.4) is 0 Å². The molecule has 0 aliphatic carbocycles. The van der Waals surface area contributed by atoms with Gasteiger partial charge in [0.1, 0.15) is 6.61 Å². The summed E-state index contributed by atoms with van der Waals surface area (Å²) in [6.07, 6.45) is 1.92. The molecule has 0 bridgehead atoms. The molecule has 3 N–H and O–H groups in total. The van der Waals surface area contributed by atoms with Gasteiger partial charge in [-0.3, -0.25) is 4.90 Å². The maximum atomic E-state index is 9.06. The monoisotopic (exact) mass is 382 g/mol. The molecule has 5 nitrogen and oxygen atoms in total. The van der Waals surface area contributed by atoms with E-state index in [0.717, 1.165) is 31.7 Å². The van der Waals surface area contributed by atoms with E-state index in [0.29, 0.717) is 17.7 Å². The zero-order chi connectivity index (χ0) is 19.7. The van der Waals surface area contributed by atoms with E-state index in [4.69, 9.17) is 20.3 Å². The molecule has 4 rings (SSSR count). The molecule has 2 aliphatic heterocycles. The van der Waals surface area contributed by atoms with Gasteiger partial charge in [0.2, 0.25) is 0 Å². The zero-order valence-corrected chi connectivity index (χ0v) is 16.7. The number of piperidine rings is 1. The first-order chi connectivity index (χ1) is 13.6. The fourth-order valence-corrected chi connectivity index (χ4v) is 4.75. The summed E-state index contributed by atoms with van der Waals surface area (Å²) in [6, 6.07) is 13.4. The molecule has 5 heteroatoms. The number of nitrogens with two attached hydrogens (primary N) is 1. The highest BCUT2D eigenvalue weighted by molar-refractivity contribution is 5.50. The molecule has 2 aromatic rings. The third kappa shape index (κ3) is 3.62. The molecule has 150 valence electrons. The summed E-state index contributed by atoms with van der Waals surface area (Å²) in [5.74, 6) is 1.80. The average molecular weight is 383 g/mol. The normalized spacial score (nSPS) is 24.4. The minimum Gasteiger partial charge on any atom is -0.493 e. The van der Waals surface area contributed by atoms with Crippen LogP contribution in [0, 0.1) is 6.92 Å². The molecule has 0 aromatic heterocycles. The maximum absolute atomic E-state index is 9.06. The number of methoxy groups -OCH3 is 1. The smallest absolute Gasteiger partial charge is 0.161 e. The Hall–Kier alpha value is -2.08. The van der Waals surface area contributed by atoms with E-state index in [1.165, 1.54) is 22.3 Å². The quantitative estimate of drug-likeness (QED) is 0.832. The first-order valence-corrected chi connectivity index (χ1v) is 10.1. The predicted octanol–water partition coefficient (Wildman–Crippen LogP) is 2.79. The molecule has 0 radical (unpaired) electrons. The molecular formula is C23H30N2O3. The molecule has 2 aliphatic rings. The Labute approximate surface area is 167 Å². The summed E-state index contributed by atoms with van der Waals surface area (Å²) >= 11 is 0. The summed E-state index contributed by atoms with van der Waals surface area (Å²) in [7, 11) is 1.66. The van der Waals surface area contributed by atoms with Crippen LogP contribution in [0.1, 0.15) is 40.6 Å². The summed E-state index contributed by atoms with van der Waals surface area (Å²) in [4.78, 5) is 2.58. The number of fused-ring (bicyclic) bond motifs is 3. The van der Waals surface area contributed by atoms with Crippen molar-refractivity contribution in [3.05, 3.63) is 58.7 Å². The first kappa shape index (κ1) is 19.2. The van der Waals surface area contributed by atoms with Crippen LogP contribution in [-0.2, 0) is 6.42 Å². The van der Waals surface area contributed by atoms with Gasteiger partial charge in [-0.15, -0.1) is 0 Å². The minimum absolute atomic E-state index is 0.00809. The molecule has 1 fully saturated rings. The van der Waals surface area contributed by atoms with Crippen LogP contribution in [0.15, 0.2) is 36.4 Å². The zero-order valence-electron chi connectivity index (χ0n) is 16.7. The molecule has 0 amide bonds. The van der Waals surface area contributed by atoms with Gasteiger partial charge in [-0.25, -0.2) is 0 Å². The fourth-order valence-electron chi connectivity index (χ4n) is 4.75. The number of rotatable bonds is 5. The van der Waals surface area contributed by atoms with E-state index in [1.54, 1.807) is 7.11 Å². The minimum atomic E-state index is -0.00809. The summed E-state index contributed by atoms with van der Waals surface area (Å²) in [5, 5.41) is 9.06. The molecule has 0 spiro atoms. The van der Waals surface area contributed by atoms with Gasteiger partial charge in [0.25, 0.3) is 0 Å². The topological polar surface area (TPSA) is 68.0 Å². The number of aliphatic hydroxyl groups is 1. The van der Waals surface area contributed by atoms with E-state index in [1.807, 2.05) is 0 Å². The standard InChI is InChI=1S/C23H30N2O3/c1-15-4-3-5-16(10-15)19-14-25-7-6-17-11-23(28-9-8-26)22(27-2)12-18(17)21(25)13-20(19)24/h3-5,10-12,19-21,26H,6-9,13-14,24H2,1-2H3. The lowest BCUT2D eigenvalue weighted by Gasteiger charge is -2.46. The van der Waals surface area contributed by atoms with Gasteiger partial charge in [-0.1, -0.05) is 29.8 Å². The largest absolute Gasteiger partial charge is 0.493 e. The Balaban J connectivity index is 1.61. The van der Waals surface area contributed by atoms with Crippen molar-refractivity contribution in [2.24, 2.45) is 5.73 Å². The highest BCUT2D eigenvalue weighted by atomic mass is 16.5. The lowest BCUT2D eigenvalue weighted by atomic mass is 9.78. The lowest BCUT2D eigenvalue weighted by Crippen LogP contribution is -2.49. The van der Waals surface area contributed by atoms with Gasteiger partial charge >= 0.3 is 0 Å². The summed E-state index contributed by atoms with van der Waals surface area (Å²) < 4.78 is 11.2. The van der Waals surface area contributed by atoms with Crippen molar-refractivity contribution in [2.45, 2.75) is 37.8 Å². The second-order valence-electron chi connectivity index (χ2n) is 7.95. The van der Waals surface area contributed by atoms with Crippen molar-refractivity contribution in [1.82, 2.24) is 4.90 Å². The van der Waals surface area contributed by atoms with Crippen LogP contribution < -0.4 is 15.2 Å². The Morgan fingerprint density at radius 1 is 1.21 bits per heavy atom. The Morgan fingerprint density at radius 3 is 2.82 bits per heavy atom. The van der Waals surface area contributed by atoms with Crippen LogP contribution >= 0.6 is 0 Å². The van der Waals surface area contributed by atoms with Crippen LogP contribution in [0.2, 0.25) is 0 Å². The highest BCUT2D eigenvalue weighted by Gasteiger charge is 2.38. The van der Waals surface area contributed by atoms with Gasteiger partial charge < -0.3 is 20.3 Å². The van der Waals surface area contributed by atoms with E-state index in [9.17, 15) is 0 Å². The Morgan fingerprint density at radius 2 is 2.07 bits per heavy atom. The van der Waals surface area contributed by atoms with Crippen molar-refractivity contribution in [3.8, 4) is 11.5 Å². The van der Waals surface area contributed by atoms with Crippen LogP contribution in [-0.4, -0.2) is 49.5 Å². The number of ether oxygens (including phenoxy) is 2. The number of hydrogen-bond acceptors (Lipinski definition) is 5. The van der Waals surface area contributed by atoms with Crippen molar-refractivity contribution in [2.75, 3.05) is 33.4 Å².